The van der Waals surface area contributed by atoms with E-state index in [9.17, 15) is 9.59 Å². The summed E-state index contributed by atoms with van der Waals surface area (Å²) in [6, 6.07) is 15.1. The predicted octanol–water partition coefficient (Wildman–Crippen LogP) is 4.08. The Morgan fingerprint density at radius 2 is 1.68 bits per heavy atom. The molecule has 2 amide bonds. The predicted molar refractivity (Wildman–Crippen MR) is 122 cm³/mol. The lowest BCUT2D eigenvalue weighted by Crippen LogP contribution is -2.23. The van der Waals surface area contributed by atoms with Crippen molar-refractivity contribution >= 4 is 35.0 Å². The molecule has 0 aliphatic rings. The number of amides is 2. The van der Waals surface area contributed by atoms with Crippen molar-refractivity contribution in [2.75, 3.05) is 10.6 Å². The molecule has 0 bridgehead atoms. The minimum absolute atomic E-state index is 0.143. The summed E-state index contributed by atoms with van der Waals surface area (Å²) in [6.07, 6.45) is 3.37. The molecule has 0 spiro atoms. The molecule has 0 radical (unpaired) electrons. The first kappa shape index (κ1) is 22.5. The molecule has 162 valence electrons. The van der Waals surface area contributed by atoms with Crippen LogP contribution in [0.4, 0.5) is 11.4 Å². The summed E-state index contributed by atoms with van der Waals surface area (Å²) in [5, 5.41) is 17.6. The highest BCUT2D eigenvalue weighted by Gasteiger charge is 2.19. The average Bonchev–Trinajstić information content (AvgIpc) is 3.21. The van der Waals surface area contributed by atoms with Crippen LogP contribution in [-0.4, -0.2) is 37.3 Å². The highest BCUT2D eigenvalue weighted by Crippen LogP contribution is 2.24. The number of anilines is 2. The monoisotopic (exact) mass is 438 g/mol. The third-order valence-corrected chi connectivity index (χ3v) is 5.60. The van der Waals surface area contributed by atoms with Gasteiger partial charge in [-0.15, -0.1) is 5.10 Å². The molecule has 3 aromatic rings. The third-order valence-electron chi connectivity index (χ3n) is 4.57. The van der Waals surface area contributed by atoms with Gasteiger partial charge < -0.3 is 10.6 Å². The molecule has 8 nitrogen and oxygen atoms in total. The number of benzene rings is 2. The van der Waals surface area contributed by atoms with Gasteiger partial charge >= 0.3 is 0 Å². The first-order valence-electron chi connectivity index (χ1n) is 10.2. The van der Waals surface area contributed by atoms with Crippen LogP contribution >= 0.6 is 11.8 Å². The van der Waals surface area contributed by atoms with E-state index >= 15 is 0 Å². The number of rotatable bonds is 9. The fourth-order valence-corrected chi connectivity index (χ4v) is 3.70. The summed E-state index contributed by atoms with van der Waals surface area (Å²) in [6.45, 7) is 5.43. The molecular weight excluding hydrogens is 412 g/mol. The van der Waals surface area contributed by atoms with E-state index in [1.807, 2.05) is 12.1 Å². The molecule has 1 unspecified atom stereocenters. The van der Waals surface area contributed by atoms with Gasteiger partial charge in [-0.25, -0.2) is 0 Å². The number of hydrogen-bond donors (Lipinski definition) is 2. The summed E-state index contributed by atoms with van der Waals surface area (Å²) in [5.41, 5.74) is 3.46. The quantitative estimate of drug-likeness (QED) is 0.488. The maximum Gasteiger partial charge on any atom is 0.237 e. The van der Waals surface area contributed by atoms with Crippen molar-refractivity contribution in [1.82, 2.24) is 20.2 Å². The number of carbonyl (C=O) groups excluding carboxylic acids is 2. The zero-order valence-corrected chi connectivity index (χ0v) is 18.6. The van der Waals surface area contributed by atoms with E-state index in [0.717, 1.165) is 24.9 Å². The SMILES string of the molecule is CCCCc1ccc(-n2nnnc2SC(C)C(=O)Nc2ccc(NC(C)=O)cc2)cc1. The minimum atomic E-state index is -0.413. The Morgan fingerprint density at radius 1 is 1.03 bits per heavy atom. The van der Waals surface area contributed by atoms with Crippen molar-refractivity contribution in [3.05, 3.63) is 54.1 Å². The number of aryl methyl sites for hydroxylation is 1. The Morgan fingerprint density at radius 3 is 2.29 bits per heavy atom. The second-order valence-corrected chi connectivity index (χ2v) is 8.46. The molecule has 31 heavy (non-hydrogen) atoms. The van der Waals surface area contributed by atoms with Crippen molar-refractivity contribution < 1.29 is 9.59 Å². The van der Waals surface area contributed by atoms with Crippen LogP contribution in [0.15, 0.2) is 53.7 Å². The largest absolute Gasteiger partial charge is 0.326 e. The van der Waals surface area contributed by atoms with Gasteiger partial charge in [-0.1, -0.05) is 37.2 Å². The molecule has 0 fully saturated rings. The van der Waals surface area contributed by atoms with Crippen LogP contribution in [0.25, 0.3) is 5.69 Å². The standard InChI is InChI=1S/C22H26N6O2S/c1-4-5-6-17-7-13-20(14-8-17)28-22(25-26-27-28)31-15(2)21(30)24-19-11-9-18(10-12-19)23-16(3)29/h7-15H,4-6H2,1-3H3,(H,23,29)(H,24,30). The van der Waals surface area contributed by atoms with Crippen molar-refractivity contribution in [1.29, 1.82) is 0 Å². The van der Waals surface area contributed by atoms with Crippen LogP contribution in [0.2, 0.25) is 0 Å². The minimum Gasteiger partial charge on any atom is -0.326 e. The summed E-state index contributed by atoms with van der Waals surface area (Å²) in [4.78, 5) is 23.7. The van der Waals surface area contributed by atoms with Gasteiger partial charge in [0.1, 0.15) is 0 Å². The lowest BCUT2D eigenvalue weighted by molar-refractivity contribution is -0.115. The zero-order chi connectivity index (χ0) is 22.2. The molecular formula is C22H26N6O2S. The number of nitrogens with zero attached hydrogens (tertiary/aromatic N) is 4. The number of carbonyl (C=O) groups is 2. The first-order valence-corrected chi connectivity index (χ1v) is 11.1. The van der Waals surface area contributed by atoms with E-state index in [1.165, 1.54) is 24.2 Å². The van der Waals surface area contributed by atoms with Crippen molar-refractivity contribution in [3.63, 3.8) is 0 Å². The number of nitrogens with one attached hydrogen (secondary N) is 2. The van der Waals surface area contributed by atoms with Gasteiger partial charge in [0.25, 0.3) is 0 Å². The zero-order valence-electron chi connectivity index (χ0n) is 17.8. The smallest absolute Gasteiger partial charge is 0.237 e. The lowest BCUT2D eigenvalue weighted by Gasteiger charge is -2.12. The van der Waals surface area contributed by atoms with E-state index in [4.69, 9.17) is 0 Å². The Bertz CT molecular complexity index is 1020. The molecule has 3 rings (SSSR count). The highest BCUT2D eigenvalue weighted by molar-refractivity contribution is 8.00. The second kappa shape index (κ2) is 10.7. The van der Waals surface area contributed by atoms with E-state index in [0.29, 0.717) is 16.5 Å². The van der Waals surface area contributed by atoms with E-state index in [2.05, 4.69) is 45.2 Å². The van der Waals surface area contributed by atoms with Gasteiger partial charge in [-0.05, 0) is 72.2 Å². The number of aromatic nitrogens is 4. The topological polar surface area (TPSA) is 102 Å². The Kier molecular flexibility index (Phi) is 7.77. The van der Waals surface area contributed by atoms with Crippen molar-refractivity contribution in [2.45, 2.75) is 50.4 Å². The van der Waals surface area contributed by atoms with Crippen LogP contribution in [-0.2, 0) is 16.0 Å². The normalized spacial score (nSPS) is 11.7. The molecule has 0 aliphatic heterocycles. The van der Waals surface area contributed by atoms with Crippen molar-refractivity contribution in [3.8, 4) is 5.69 Å². The molecule has 1 atom stereocenters. The molecule has 2 N–H and O–H groups in total. The third kappa shape index (κ3) is 6.39. The van der Waals surface area contributed by atoms with Crippen LogP contribution in [0.3, 0.4) is 0 Å². The van der Waals surface area contributed by atoms with Crippen LogP contribution in [0, 0.1) is 0 Å². The molecule has 1 aromatic heterocycles. The van der Waals surface area contributed by atoms with E-state index in [-0.39, 0.29) is 11.8 Å². The maximum absolute atomic E-state index is 12.6. The Hall–Kier alpha value is -3.20. The number of hydrogen-bond acceptors (Lipinski definition) is 6. The second-order valence-electron chi connectivity index (χ2n) is 7.15. The van der Waals surface area contributed by atoms with Crippen LogP contribution < -0.4 is 10.6 Å². The molecule has 9 heteroatoms. The Labute approximate surface area is 185 Å². The van der Waals surface area contributed by atoms with Crippen molar-refractivity contribution in [2.24, 2.45) is 0 Å². The van der Waals surface area contributed by atoms with Gasteiger partial charge in [0.2, 0.25) is 17.0 Å². The summed E-state index contributed by atoms with van der Waals surface area (Å²) in [5.74, 6) is -0.308. The van der Waals surface area contributed by atoms with Gasteiger partial charge in [-0.3, -0.25) is 9.59 Å². The molecule has 0 saturated carbocycles. The summed E-state index contributed by atoms with van der Waals surface area (Å²) >= 11 is 1.29. The van der Waals surface area contributed by atoms with Gasteiger partial charge in [-0.2, -0.15) is 4.68 Å². The average molecular weight is 439 g/mol. The summed E-state index contributed by atoms with van der Waals surface area (Å²) in [7, 11) is 0. The molecule has 0 saturated heterocycles. The lowest BCUT2D eigenvalue weighted by atomic mass is 10.1. The van der Waals surface area contributed by atoms with Gasteiger partial charge in [0.15, 0.2) is 0 Å². The number of unbranched alkanes of at least 4 members (excludes halogenated alkanes) is 1. The maximum atomic E-state index is 12.6. The first-order chi connectivity index (χ1) is 15.0. The highest BCUT2D eigenvalue weighted by atomic mass is 32.2. The van der Waals surface area contributed by atoms with Gasteiger partial charge in [0, 0.05) is 18.3 Å². The van der Waals surface area contributed by atoms with Crippen LogP contribution in [0.5, 0.6) is 0 Å². The Balaban J connectivity index is 1.62. The fourth-order valence-electron chi connectivity index (χ4n) is 2.89. The van der Waals surface area contributed by atoms with Crippen LogP contribution in [0.1, 0.15) is 39.2 Å². The molecule has 0 aliphatic carbocycles. The molecule has 1 heterocycles. The number of thioether (sulfide) groups is 1. The number of tetrazole rings is 1. The van der Waals surface area contributed by atoms with Gasteiger partial charge in [0.05, 0.1) is 10.9 Å². The van der Waals surface area contributed by atoms with E-state index < -0.39 is 5.25 Å². The summed E-state index contributed by atoms with van der Waals surface area (Å²) < 4.78 is 1.64. The van der Waals surface area contributed by atoms with E-state index in [1.54, 1.807) is 35.9 Å². The molecule has 2 aromatic carbocycles. The fraction of sp³-hybridized carbons (Fsp3) is 0.318.